The molecule has 0 spiro atoms. The summed E-state index contributed by atoms with van der Waals surface area (Å²) < 4.78 is 0. The van der Waals surface area contributed by atoms with Gasteiger partial charge in [-0.15, -0.1) is 0 Å². The average Bonchev–Trinajstić information content (AvgIpc) is 3.10. The number of nitrogens with one attached hydrogen (secondary N) is 2. The van der Waals surface area contributed by atoms with Crippen molar-refractivity contribution in [2.24, 2.45) is 0 Å². The molecule has 2 saturated carbocycles. The number of rotatable bonds is 4. The van der Waals surface area contributed by atoms with Crippen LogP contribution in [0.1, 0.15) is 38.5 Å². The predicted octanol–water partition coefficient (Wildman–Crippen LogP) is 1.58. The Bertz CT molecular complexity index is 344. The Hall–Kier alpha value is -0.910. The fourth-order valence-corrected chi connectivity index (χ4v) is 3.42. The summed E-state index contributed by atoms with van der Waals surface area (Å²) in [7, 11) is 0. The Balaban J connectivity index is 1.85. The number of urea groups is 1. The second-order valence-electron chi connectivity index (χ2n) is 5.15. The Morgan fingerprint density at radius 1 is 1.28 bits per heavy atom. The first-order valence-corrected chi connectivity index (χ1v) is 7.71. The molecule has 6 heteroatoms. The lowest BCUT2D eigenvalue weighted by Gasteiger charge is -2.31. The summed E-state index contributed by atoms with van der Waals surface area (Å²) >= 11 is 1.78. The maximum Gasteiger partial charge on any atom is 0.329 e. The molecule has 0 aromatic heterocycles. The fourth-order valence-electron chi connectivity index (χ4n) is 2.48. The highest BCUT2D eigenvalue weighted by atomic mass is 32.2. The van der Waals surface area contributed by atoms with E-state index in [4.69, 9.17) is 5.11 Å². The number of carboxylic acid groups (broad SMARTS) is 1. The largest absolute Gasteiger partial charge is 0.480 e. The van der Waals surface area contributed by atoms with Gasteiger partial charge in [0.15, 0.2) is 0 Å². The van der Waals surface area contributed by atoms with Gasteiger partial charge < -0.3 is 15.7 Å². The molecule has 2 aliphatic carbocycles. The first-order chi connectivity index (χ1) is 8.57. The molecule has 2 atom stereocenters. The van der Waals surface area contributed by atoms with Crippen molar-refractivity contribution in [3.63, 3.8) is 0 Å². The lowest BCUT2D eigenvalue weighted by Crippen LogP contribution is -2.53. The number of hydrogen-bond donors (Lipinski definition) is 3. The lowest BCUT2D eigenvalue weighted by molar-refractivity contribution is -0.140. The summed E-state index contributed by atoms with van der Waals surface area (Å²) in [4.78, 5) is 22.8. The van der Waals surface area contributed by atoms with Crippen LogP contribution in [-0.2, 0) is 4.79 Å². The van der Waals surface area contributed by atoms with Crippen LogP contribution in [0, 0.1) is 0 Å². The van der Waals surface area contributed by atoms with Crippen LogP contribution in [0.2, 0.25) is 0 Å². The molecule has 2 rings (SSSR count). The number of carboxylic acids is 1. The van der Waals surface area contributed by atoms with Gasteiger partial charge in [-0.25, -0.2) is 9.59 Å². The number of thioether (sulfide) groups is 1. The topological polar surface area (TPSA) is 78.4 Å². The van der Waals surface area contributed by atoms with Gasteiger partial charge in [-0.1, -0.05) is 12.8 Å². The molecule has 0 aromatic rings. The van der Waals surface area contributed by atoms with Gasteiger partial charge >= 0.3 is 12.0 Å². The van der Waals surface area contributed by atoms with Crippen molar-refractivity contribution in [3.05, 3.63) is 0 Å². The van der Waals surface area contributed by atoms with E-state index in [0.29, 0.717) is 18.1 Å². The number of carbonyl (C=O) groups is 2. The third-order valence-electron chi connectivity index (χ3n) is 3.83. The van der Waals surface area contributed by atoms with Crippen molar-refractivity contribution < 1.29 is 14.7 Å². The predicted molar refractivity (Wildman–Crippen MR) is 70.8 cm³/mol. The molecule has 2 amide bonds. The zero-order chi connectivity index (χ0) is 13.2. The van der Waals surface area contributed by atoms with Crippen molar-refractivity contribution in [1.29, 1.82) is 0 Å². The monoisotopic (exact) mass is 272 g/mol. The second-order valence-corrected chi connectivity index (χ2v) is 6.23. The Morgan fingerprint density at radius 2 is 1.94 bits per heavy atom. The SMILES string of the molecule is CSC1CCCCC1NC(=O)NC1(C(=O)O)CC1. The summed E-state index contributed by atoms with van der Waals surface area (Å²) in [6.45, 7) is 0. The molecule has 102 valence electrons. The molecule has 0 bridgehead atoms. The minimum Gasteiger partial charge on any atom is -0.480 e. The third kappa shape index (κ3) is 2.91. The molecular formula is C12H20N2O3S. The normalized spacial score (nSPS) is 29.4. The third-order valence-corrected chi connectivity index (χ3v) is 5.00. The summed E-state index contributed by atoms with van der Waals surface area (Å²) in [6, 6.07) is -0.167. The Morgan fingerprint density at radius 3 is 2.50 bits per heavy atom. The van der Waals surface area contributed by atoms with E-state index in [1.807, 2.05) is 0 Å². The molecule has 0 radical (unpaired) electrons. The molecule has 0 aliphatic heterocycles. The molecule has 2 unspecified atom stereocenters. The summed E-state index contributed by atoms with van der Waals surface area (Å²) in [6.07, 6.45) is 7.58. The average molecular weight is 272 g/mol. The number of aliphatic carboxylic acids is 1. The van der Waals surface area contributed by atoms with Crippen LogP contribution < -0.4 is 10.6 Å². The van der Waals surface area contributed by atoms with Crippen molar-refractivity contribution in [2.75, 3.05) is 6.26 Å². The minimum absolute atomic E-state index is 0.165. The van der Waals surface area contributed by atoms with E-state index in [1.54, 1.807) is 11.8 Å². The van der Waals surface area contributed by atoms with E-state index in [-0.39, 0.29) is 12.1 Å². The van der Waals surface area contributed by atoms with Gasteiger partial charge in [-0.05, 0) is 31.9 Å². The van der Waals surface area contributed by atoms with E-state index in [1.165, 1.54) is 6.42 Å². The fraction of sp³-hybridized carbons (Fsp3) is 0.833. The van der Waals surface area contributed by atoms with Gasteiger partial charge in [0, 0.05) is 11.3 Å². The Kier molecular flexibility index (Phi) is 4.04. The van der Waals surface area contributed by atoms with Gasteiger partial charge in [-0.3, -0.25) is 0 Å². The standard InChI is InChI=1S/C12H20N2O3S/c1-18-9-5-3-2-4-8(9)13-11(17)14-12(6-7-12)10(15)16/h8-9H,2-7H2,1H3,(H,15,16)(H2,13,14,17). The molecule has 5 nitrogen and oxygen atoms in total. The molecule has 2 fully saturated rings. The Labute approximate surface area is 111 Å². The lowest BCUT2D eigenvalue weighted by atomic mass is 9.95. The summed E-state index contributed by atoms with van der Waals surface area (Å²) in [5, 5.41) is 15.0. The zero-order valence-corrected chi connectivity index (χ0v) is 11.4. The van der Waals surface area contributed by atoms with E-state index in [2.05, 4.69) is 16.9 Å². The summed E-state index contributed by atoms with van der Waals surface area (Å²) in [5.74, 6) is -0.928. The smallest absolute Gasteiger partial charge is 0.329 e. The number of carbonyl (C=O) groups excluding carboxylic acids is 1. The van der Waals surface area contributed by atoms with Crippen molar-refractivity contribution in [2.45, 2.75) is 55.4 Å². The van der Waals surface area contributed by atoms with Gasteiger partial charge in [0.05, 0.1) is 0 Å². The van der Waals surface area contributed by atoms with Gasteiger partial charge in [0.2, 0.25) is 0 Å². The van der Waals surface area contributed by atoms with Crippen molar-refractivity contribution in [1.82, 2.24) is 10.6 Å². The first kappa shape index (κ1) is 13.5. The zero-order valence-electron chi connectivity index (χ0n) is 10.6. The van der Waals surface area contributed by atoms with Crippen LogP contribution in [0.3, 0.4) is 0 Å². The highest BCUT2D eigenvalue weighted by Crippen LogP contribution is 2.35. The van der Waals surface area contributed by atoms with Crippen LogP contribution in [0.5, 0.6) is 0 Å². The van der Waals surface area contributed by atoms with Crippen molar-refractivity contribution in [3.8, 4) is 0 Å². The van der Waals surface area contributed by atoms with Crippen LogP contribution in [0.4, 0.5) is 4.79 Å². The molecule has 18 heavy (non-hydrogen) atoms. The quantitative estimate of drug-likeness (QED) is 0.726. The van der Waals surface area contributed by atoms with E-state index in [0.717, 1.165) is 19.3 Å². The molecule has 2 aliphatic rings. The van der Waals surface area contributed by atoms with E-state index < -0.39 is 11.5 Å². The maximum atomic E-state index is 11.8. The van der Waals surface area contributed by atoms with E-state index >= 15 is 0 Å². The van der Waals surface area contributed by atoms with Crippen LogP contribution in [-0.4, -0.2) is 40.2 Å². The highest BCUT2D eigenvalue weighted by molar-refractivity contribution is 7.99. The van der Waals surface area contributed by atoms with Gasteiger partial charge in [0.1, 0.15) is 5.54 Å². The molecule has 3 N–H and O–H groups in total. The number of hydrogen-bond acceptors (Lipinski definition) is 3. The summed E-state index contributed by atoms with van der Waals surface area (Å²) in [5.41, 5.74) is -0.992. The second kappa shape index (κ2) is 5.38. The van der Waals surface area contributed by atoms with E-state index in [9.17, 15) is 9.59 Å². The molecular weight excluding hydrogens is 252 g/mol. The van der Waals surface area contributed by atoms with Crippen LogP contribution >= 0.6 is 11.8 Å². The van der Waals surface area contributed by atoms with Crippen molar-refractivity contribution >= 4 is 23.8 Å². The maximum absolute atomic E-state index is 11.8. The van der Waals surface area contributed by atoms with Crippen LogP contribution in [0.15, 0.2) is 0 Å². The van der Waals surface area contributed by atoms with Crippen LogP contribution in [0.25, 0.3) is 0 Å². The van der Waals surface area contributed by atoms with Gasteiger partial charge in [0.25, 0.3) is 0 Å². The molecule has 0 saturated heterocycles. The highest BCUT2D eigenvalue weighted by Gasteiger charge is 2.51. The first-order valence-electron chi connectivity index (χ1n) is 6.42. The molecule has 0 aromatic carbocycles. The van der Waals surface area contributed by atoms with Gasteiger partial charge in [-0.2, -0.15) is 11.8 Å². The molecule has 0 heterocycles. The minimum atomic E-state index is -0.992. The number of amides is 2.